The van der Waals surface area contributed by atoms with Gasteiger partial charge in [-0.1, -0.05) is 0 Å². The average Bonchev–Trinajstić information content (AvgIpc) is 2.30. The molecule has 0 aliphatic rings. The Hall–Kier alpha value is -1.56. The van der Waals surface area contributed by atoms with Crippen molar-refractivity contribution in [3.63, 3.8) is 0 Å². The fourth-order valence-electron chi connectivity index (χ4n) is 1.18. The number of hydrogen-bond donors (Lipinski definition) is 2. The van der Waals surface area contributed by atoms with Crippen LogP contribution in [0.1, 0.15) is 17.3 Å². The lowest BCUT2D eigenvalue weighted by atomic mass is 10.2. The molecule has 0 aromatic heterocycles. The van der Waals surface area contributed by atoms with Crippen molar-refractivity contribution >= 4 is 27.8 Å². The normalized spacial score (nSPS) is 11.7. The van der Waals surface area contributed by atoms with Crippen molar-refractivity contribution in [2.24, 2.45) is 0 Å². The van der Waals surface area contributed by atoms with Gasteiger partial charge >= 0.3 is 5.97 Å². The number of benzene rings is 1. The molecule has 1 atom stereocenters. The Morgan fingerprint density at radius 2 is 2.12 bits per heavy atom. The van der Waals surface area contributed by atoms with Gasteiger partial charge in [0.05, 0.1) is 10.0 Å². The van der Waals surface area contributed by atoms with E-state index in [0.29, 0.717) is 10.2 Å². The number of hydrogen-bond acceptors (Lipinski definition) is 3. The number of carbonyl (C=O) groups is 2. The van der Waals surface area contributed by atoms with E-state index in [0.717, 1.165) is 0 Å². The third-order valence-electron chi connectivity index (χ3n) is 2.10. The van der Waals surface area contributed by atoms with E-state index in [1.807, 2.05) is 0 Å². The largest absolute Gasteiger partial charge is 0.480 e. The molecule has 0 saturated heterocycles. The molecule has 0 heterocycles. The van der Waals surface area contributed by atoms with Crippen LogP contribution in [0.2, 0.25) is 0 Å². The third kappa shape index (κ3) is 3.45. The maximum atomic E-state index is 11.3. The lowest BCUT2D eigenvalue weighted by Crippen LogP contribution is -2.33. The van der Waals surface area contributed by atoms with E-state index in [1.54, 1.807) is 6.92 Å². The zero-order chi connectivity index (χ0) is 13.0. The number of halogens is 1. The molecule has 1 aromatic carbocycles. The lowest BCUT2D eigenvalue weighted by Gasteiger charge is -2.14. The first-order valence-corrected chi connectivity index (χ1v) is 5.66. The van der Waals surface area contributed by atoms with Crippen LogP contribution in [0.3, 0.4) is 0 Å². The van der Waals surface area contributed by atoms with Crippen LogP contribution in [0.4, 0.5) is 0 Å². The topological polar surface area (TPSA) is 75.6 Å². The van der Waals surface area contributed by atoms with E-state index < -0.39 is 12.1 Å². The molecular weight excluding hydrogens is 290 g/mol. The Bertz CT molecular complexity index is 447. The number of aromatic carboxylic acids is 1. The summed E-state index contributed by atoms with van der Waals surface area (Å²) in [6.07, 6.45) is -0.646. The molecule has 17 heavy (non-hydrogen) atoms. The molecule has 1 unspecified atom stereocenters. The van der Waals surface area contributed by atoms with Crippen LogP contribution in [0.5, 0.6) is 5.75 Å². The standard InChI is InChI=1S/C11H12BrNO4/c1-6(10(14)13-2)17-9-4-3-7(11(15)16)5-8(9)12/h3-6H,1-2H3,(H,13,14)(H,15,16). The van der Waals surface area contributed by atoms with E-state index in [-0.39, 0.29) is 11.5 Å². The molecule has 1 amide bonds. The van der Waals surface area contributed by atoms with Crippen molar-refractivity contribution in [3.05, 3.63) is 28.2 Å². The molecule has 0 bridgehead atoms. The van der Waals surface area contributed by atoms with Crippen molar-refractivity contribution < 1.29 is 19.4 Å². The molecule has 0 saturated carbocycles. The second kappa shape index (κ2) is 5.67. The molecular formula is C11H12BrNO4. The average molecular weight is 302 g/mol. The van der Waals surface area contributed by atoms with E-state index in [2.05, 4.69) is 21.2 Å². The third-order valence-corrected chi connectivity index (χ3v) is 2.72. The number of nitrogens with one attached hydrogen (secondary N) is 1. The van der Waals surface area contributed by atoms with Gasteiger partial charge in [0.2, 0.25) is 0 Å². The summed E-state index contributed by atoms with van der Waals surface area (Å²) >= 11 is 3.19. The summed E-state index contributed by atoms with van der Waals surface area (Å²) in [6.45, 7) is 1.61. The summed E-state index contributed by atoms with van der Waals surface area (Å²) in [5.74, 6) is -0.845. The number of amides is 1. The van der Waals surface area contributed by atoms with E-state index in [4.69, 9.17) is 9.84 Å². The number of rotatable bonds is 4. The van der Waals surface area contributed by atoms with Crippen LogP contribution in [0.15, 0.2) is 22.7 Å². The van der Waals surface area contributed by atoms with Gasteiger partial charge in [0.25, 0.3) is 5.91 Å². The number of carbonyl (C=O) groups excluding carboxylic acids is 1. The summed E-state index contributed by atoms with van der Waals surface area (Å²) in [6, 6.07) is 4.35. The minimum absolute atomic E-state index is 0.150. The van der Waals surface area contributed by atoms with Gasteiger partial charge in [0.1, 0.15) is 5.75 Å². The lowest BCUT2D eigenvalue weighted by molar-refractivity contribution is -0.126. The summed E-state index contributed by atoms with van der Waals surface area (Å²) in [7, 11) is 1.52. The van der Waals surface area contributed by atoms with E-state index in [9.17, 15) is 9.59 Å². The van der Waals surface area contributed by atoms with E-state index in [1.165, 1.54) is 25.2 Å². The zero-order valence-electron chi connectivity index (χ0n) is 9.36. The second-order valence-corrected chi connectivity index (χ2v) is 4.18. The molecule has 0 aliphatic heterocycles. The molecule has 6 heteroatoms. The van der Waals surface area contributed by atoms with Crippen LogP contribution in [-0.2, 0) is 4.79 Å². The van der Waals surface area contributed by atoms with E-state index >= 15 is 0 Å². The predicted octanol–water partition coefficient (Wildman–Crippen LogP) is 1.66. The number of carboxylic acids is 1. The molecule has 92 valence electrons. The fourth-order valence-corrected chi connectivity index (χ4v) is 1.65. The van der Waals surface area contributed by atoms with Crippen LogP contribution in [0.25, 0.3) is 0 Å². The Labute approximate surface area is 107 Å². The molecule has 1 aromatic rings. The molecule has 5 nitrogen and oxygen atoms in total. The SMILES string of the molecule is CNC(=O)C(C)Oc1ccc(C(=O)O)cc1Br. The predicted molar refractivity (Wildman–Crippen MR) is 65.3 cm³/mol. The van der Waals surface area contributed by atoms with Gasteiger partial charge in [-0.3, -0.25) is 4.79 Å². The number of ether oxygens (including phenoxy) is 1. The highest BCUT2D eigenvalue weighted by Gasteiger charge is 2.15. The highest BCUT2D eigenvalue weighted by molar-refractivity contribution is 9.10. The first-order valence-electron chi connectivity index (χ1n) is 4.86. The molecule has 0 fully saturated rings. The van der Waals surface area contributed by atoms with Crippen LogP contribution in [0, 0.1) is 0 Å². The summed E-state index contributed by atoms with van der Waals surface area (Å²) in [5.41, 5.74) is 0.150. The van der Waals surface area contributed by atoms with Crippen molar-refractivity contribution in [3.8, 4) is 5.75 Å². The van der Waals surface area contributed by atoms with Crippen LogP contribution >= 0.6 is 15.9 Å². The molecule has 0 aliphatic carbocycles. The Morgan fingerprint density at radius 1 is 1.47 bits per heavy atom. The first kappa shape index (κ1) is 13.5. The van der Waals surface area contributed by atoms with Gasteiger partial charge in [-0.05, 0) is 41.1 Å². The number of carboxylic acid groups (broad SMARTS) is 1. The first-order chi connectivity index (χ1) is 7.95. The minimum Gasteiger partial charge on any atom is -0.480 e. The van der Waals surface area contributed by atoms with Gasteiger partial charge in [-0.25, -0.2) is 4.79 Å². The molecule has 1 rings (SSSR count). The van der Waals surface area contributed by atoms with Gasteiger partial charge in [-0.15, -0.1) is 0 Å². The maximum Gasteiger partial charge on any atom is 0.335 e. The number of likely N-dealkylation sites (N-methyl/N-ethyl adjacent to an activating group) is 1. The van der Waals surface area contributed by atoms with Crippen LogP contribution < -0.4 is 10.1 Å². The minimum atomic E-state index is -1.02. The maximum absolute atomic E-state index is 11.3. The summed E-state index contributed by atoms with van der Waals surface area (Å²) in [5, 5.41) is 11.2. The molecule has 2 N–H and O–H groups in total. The molecule has 0 radical (unpaired) electrons. The highest BCUT2D eigenvalue weighted by atomic mass is 79.9. The van der Waals surface area contributed by atoms with Crippen molar-refractivity contribution in [1.82, 2.24) is 5.32 Å². The fraction of sp³-hybridized carbons (Fsp3) is 0.273. The van der Waals surface area contributed by atoms with Gasteiger partial charge in [-0.2, -0.15) is 0 Å². The Morgan fingerprint density at radius 3 is 2.59 bits per heavy atom. The van der Waals surface area contributed by atoms with Crippen LogP contribution in [-0.4, -0.2) is 30.1 Å². The molecule has 0 spiro atoms. The van der Waals surface area contributed by atoms with Crippen molar-refractivity contribution in [1.29, 1.82) is 0 Å². The summed E-state index contributed by atoms with van der Waals surface area (Å²) < 4.78 is 5.87. The smallest absolute Gasteiger partial charge is 0.335 e. The monoisotopic (exact) mass is 301 g/mol. The van der Waals surface area contributed by atoms with Gasteiger partial charge in [0, 0.05) is 7.05 Å². The zero-order valence-corrected chi connectivity index (χ0v) is 10.9. The van der Waals surface area contributed by atoms with Gasteiger partial charge in [0.15, 0.2) is 6.10 Å². The summed E-state index contributed by atoms with van der Waals surface area (Å²) in [4.78, 5) is 22.0. The quantitative estimate of drug-likeness (QED) is 0.887. The Balaban J connectivity index is 2.86. The highest BCUT2D eigenvalue weighted by Crippen LogP contribution is 2.26. The van der Waals surface area contributed by atoms with Crippen molar-refractivity contribution in [2.75, 3.05) is 7.05 Å². The second-order valence-electron chi connectivity index (χ2n) is 3.32. The Kier molecular flexibility index (Phi) is 4.51. The van der Waals surface area contributed by atoms with Gasteiger partial charge < -0.3 is 15.2 Å². The van der Waals surface area contributed by atoms with Crippen molar-refractivity contribution in [2.45, 2.75) is 13.0 Å².